The van der Waals surface area contributed by atoms with Gasteiger partial charge < -0.3 is 0 Å². The van der Waals surface area contributed by atoms with Crippen LogP contribution in [0, 0.1) is 0 Å². The number of thioether (sulfide) groups is 1. The van der Waals surface area contributed by atoms with E-state index in [0.29, 0.717) is 31.9 Å². The van der Waals surface area contributed by atoms with Gasteiger partial charge >= 0.3 is 0 Å². The molecule has 0 saturated heterocycles. The monoisotopic (exact) mass is 412 g/mol. The minimum atomic E-state index is -0.0976. The topological polar surface area (TPSA) is 34.9 Å². The van der Waals surface area contributed by atoms with E-state index in [1.807, 2.05) is 54.6 Å². The smallest absolute Gasteiger partial charge is 0.266 e. The van der Waals surface area contributed by atoms with Gasteiger partial charge in [-0.05, 0) is 42.0 Å². The van der Waals surface area contributed by atoms with Crippen LogP contribution in [0.3, 0.4) is 0 Å². The molecule has 134 valence electrons. The van der Waals surface area contributed by atoms with Crippen LogP contribution in [0.1, 0.15) is 5.56 Å². The molecule has 0 spiro atoms. The molecule has 4 aromatic rings. The first-order chi connectivity index (χ1) is 13.1. The number of rotatable bonds is 4. The Kier molecular flexibility index (Phi) is 5.21. The second-order valence-corrected chi connectivity index (χ2v) is 7.63. The highest BCUT2D eigenvalue weighted by molar-refractivity contribution is 7.98. The van der Waals surface area contributed by atoms with Crippen molar-refractivity contribution in [3.8, 4) is 5.69 Å². The summed E-state index contributed by atoms with van der Waals surface area (Å²) >= 11 is 14.0. The molecule has 0 unspecified atom stereocenters. The summed E-state index contributed by atoms with van der Waals surface area (Å²) in [6.07, 6.45) is 0. The van der Waals surface area contributed by atoms with E-state index in [2.05, 4.69) is 0 Å². The number of fused-ring (bicyclic) bond motifs is 1. The maximum atomic E-state index is 13.2. The first-order valence-corrected chi connectivity index (χ1v) is 10.0. The third-order valence-electron chi connectivity index (χ3n) is 4.17. The van der Waals surface area contributed by atoms with Crippen LogP contribution in [0.4, 0.5) is 0 Å². The maximum Gasteiger partial charge on any atom is 0.266 e. The van der Waals surface area contributed by atoms with E-state index in [4.69, 9.17) is 28.2 Å². The first kappa shape index (κ1) is 18.1. The fourth-order valence-corrected chi connectivity index (χ4v) is 4.58. The zero-order valence-electron chi connectivity index (χ0n) is 14.1. The lowest BCUT2D eigenvalue weighted by molar-refractivity contribution is 0.819. The van der Waals surface area contributed by atoms with Crippen molar-refractivity contribution in [3.63, 3.8) is 0 Å². The normalized spacial score (nSPS) is 11.0. The Morgan fingerprint density at radius 3 is 2.26 bits per heavy atom. The summed E-state index contributed by atoms with van der Waals surface area (Å²) in [5, 5.41) is 2.39. The zero-order valence-corrected chi connectivity index (χ0v) is 16.4. The van der Waals surface area contributed by atoms with Gasteiger partial charge in [0.1, 0.15) is 0 Å². The molecule has 0 saturated carbocycles. The molecule has 0 fully saturated rings. The minimum absolute atomic E-state index is 0.0976. The van der Waals surface area contributed by atoms with E-state index in [1.165, 1.54) is 11.8 Å². The SMILES string of the molecule is O=c1c2ccccc2nc(SCc2c(Cl)cccc2Cl)n1-c1ccccc1. The number of aromatic nitrogens is 2. The lowest BCUT2D eigenvalue weighted by Crippen LogP contribution is -2.21. The summed E-state index contributed by atoms with van der Waals surface area (Å²) in [6, 6.07) is 22.3. The molecular formula is C21H14Cl2N2OS. The fraction of sp³-hybridized carbons (Fsp3) is 0.0476. The Balaban J connectivity index is 1.85. The van der Waals surface area contributed by atoms with Crippen molar-refractivity contribution in [3.05, 3.63) is 98.8 Å². The van der Waals surface area contributed by atoms with Gasteiger partial charge in [-0.3, -0.25) is 9.36 Å². The third kappa shape index (κ3) is 3.61. The van der Waals surface area contributed by atoms with E-state index >= 15 is 0 Å². The average molecular weight is 413 g/mol. The predicted octanol–water partition coefficient (Wildman–Crippen LogP) is 5.98. The Bertz CT molecular complexity index is 1160. The van der Waals surface area contributed by atoms with Crippen molar-refractivity contribution >= 4 is 45.9 Å². The Morgan fingerprint density at radius 2 is 1.52 bits per heavy atom. The molecule has 0 atom stereocenters. The van der Waals surface area contributed by atoms with Gasteiger partial charge in [0, 0.05) is 15.8 Å². The summed E-state index contributed by atoms with van der Waals surface area (Å²) in [4.78, 5) is 17.9. The number of hydrogen-bond acceptors (Lipinski definition) is 3. The molecule has 0 aliphatic heterocycles. The largest absolute Gasteiger partial charge is 0.268 e. The van der Waals surface area contributed by atoms with Crippen molar-refractivity contribution in [2.75, 3.05) is 0 Å². The van der Waals surface area contributed by atoms with Crippen LogP contribution in [0.15, 0.2) is 82.7 Å². The van der Waals surface area contributed by atoms with E-state index in [9.17, 15) is 4.79 Å². The van der Waals surface area contributed by atoms with Gasteiger partial charge in [-0.2, -0.15) is 0 Å². The van der Waals surface area contributed by atoms with E-state index in [0.717, 1.165) is 11.3 Å². The zero-order chi connectivity index (χ0) is 18.8. The number of para-hydroxylation sites is 2. The van der Waals surface area contributed by atoms with Gasteiger partial charge in [-0.1, -0.05) is 71.4 Å². The van der Waals surface area contributed by atoms with Gasteiger partial charge in [0.25, 0.3) is 5.56 Å². The van der Waals surface area contributed by atoms with Gasteiger partial charge in [-0.25, -0.2) is 4.98 Å². The Hall–Kier alpha value is -2.27. The standard InChI is InChI=1S/C21H14Cl2N2OS/c22-17-10-6-11-18(23)16(17)13-27-21-24-19-12-5-4-9-15(19)20(26)25(21)14-7-2-1-3-8-14/h1-12H,13H2. The molecule has 4 rings (SSSR count). The second-order valence-electron chi connectivity index (χ2n) is 5.88. The van der Waals surface area contributed by atoms with Gasteiger partial charge in [-0.15, -0.1) is 0 Å². The number of hydrogen-bond donors (Lipinski definition) is 0. The molecule has 0 aliphatic rings. The highest BCUT2D eigenvalue weighted by atomic mass is 35.5. The first-order valence-electron chi connectivity index (χ1n) is 8.28. The summed E-state index contributed by atoms with van der Waals surface area (Å²) in [5.74, 6) is 0.510. The average Bonchev–Trinajstić information content (AvgIpc) is 2.68. The van der Waals surface area contributed by atoms with Crippen molar-refractivity contribution in [1.29, 1.82) is 0 Å². The molecule has 1 aromatic heterocycles. The molecule has 0 amide bonds. The van der Waals surface area contributed by atoms with E-state index < -0.39 is 0 Å². The number of nitrogens with zero attached hydrogens (tertiary/aromatic N) is 2. The van der Waals surface area contributed by atoms with Crippen LogP contribution >= 0.6 is 35.0 Å². The highest BCUT2D eigenvalue weighted by Gasteiger charge is 2.14. The van der Waals surface area contributed by atoms with Crippen LogP contribution in [0.5, 0.6) is 0 Å². The van der Waals surface area contributed by atoms with Crippen molar-refractivity contribution in [2.45, 2.75) is 10.9 Å². The fourth-order valence-electron chi connectivity index (χ4n) is 2.82. The van der Waals surface area contributed by atoms with Crippen LogP contribution in [0.25, 0.3) is 16.6 Å². The molecule has 6 heteroatoms. The molecular weight excluding hydrogens is 399 g/mol. The summed E-state index contributed by atoms with van der Waals surface area (Å²) < 4.78 is 1.64. The van der Waals surface area contributed by atoms with Gasteiger partial charge in [0.05, 0.1) is 16.6 Å². The molecule has 0 aliphatic carbocycles. The lowest BCUT2D eigenvalue weighted by atomic mass is 10.2. The Labute approximate surface area is 170 Å². The van der Waals surface area contributed by atoms with Crippen molar-refractivity contribution < 1.29 is 0 Å². The third-order valence-corrected chi connectivity index (χ3v) is 5.84. The minimum Gasteiger partial charge on any atom is -0.268 e. The maximum absolute atomic E-state index is 13.2. The molecule has 3 nitrogen and oxygen atoms in total. The van der Waals surface area contributed by atoms with Crippen molar-refractivity contribution in [1.82, 2.24) is 9.55 Å². The van der Waals surface area contributed by atoms with Crippen LogP contribution in [-0.4, -0.2) is 9.55 Å². The lowest BCUT2D eigenvalue weighted by Gasteiger charge is -2.14. The van der Waals surface area contributed by atoms with Crippen LogP contribution in [-0.2, 0) is 5.75 Å². The molecule has 0 N–H and O–H groups in total. The van der Waals surface area contributed by atoms with Crippen LogP contribution < -0.4 is 5.56 Å². The predicted molar refractivity (Wildman–Crippen MR) is 113 cm³/mol. The van der Waals surface area contributed by atoms with Crippen LogP contribution in [0.2, 0.25) is 10.0 Å². The van der Waals surface area contributed by atoms with Crippen molar-refractivity contribution in [2.24, 2.45) is 0 Å². The number of benzene rings is 3. The Morgan fingerprint density at radius 1 is 0.852 bits per heavy atom. The summed E-state index contributed by atoms with van der Waals surface area (Å²) in [7, 11) is 0. The second kappa shape index (κ2) is 7.77. The molecule has 3 aromatic carbocycles. The molecule has 1 heterocycles. The quantitative estimate of drug-likeness (QED) is 0.305. The van der Waals surface area contributed by atoms with Gasteiger partial charge in [0.2, 0.25) is 0 Å². The number of halogens is 2. The molecule has 0 bridgehead atoms. The van der Waals surface area contributed by atoms with Gasteiger partial charge in [0.15, 0.2) is 5.16 Å². The summed E-state index contributed by atoms with van der Waals surface area (Å²) in [5.41, 5.74) is 2.17. The molecule has 27 heavy (non-hydrogen) atoms. The molecule has 0 radical (unpaired) electrons. The highest BCUT2D eigenvalue weighted by Crippen LogP contribution is 2.31. The van der Waals surface area contributed by atoms with E-state index in [-0.39, 0.29) is 5.56 Å². The van der Waals surface area contributed by atoms with E-state index in [1.54, 1.807) is 22.8 Å². The summed E-state index contributed by atoms with van der Waals surface area (Å²) in [6.45, 7) is 0.